The van der Waals surface area contributed by atoms with Gasteiger partial charge in [-0.3, -0.25) is 0 Å². The number of piperidine rings is 1. The minimum atomic E-state index is -3.17. The van der Waals surface area contributed by atoms with E-state index in [4.69, 9.17) is 5.11 Å². The highest BCUT2D eigenvalue weighted by Crippen LogP contribution is 2.17. The average molecular weight is 236 g/mol. The van der Waals surface area contributed by atoms with Crippen molar-refractivity contribution in [3.05, 3.63) is 0 Å². The Balaban J connectivity index is 2.55. The van der Waals surface area contributed by atoms with E-state index in [2.05, 4.69) is 0 Å². The maximum atomic E-state index is 11.2. The lowest BCUT2D eigenvalue weighted by molar-refractivity contribution is 0.122. The van der Waals surface area contributed by atoms with Gasteiger partial charge >= 0.3 is 6.09 Å². The number of rotatable bonds is 2. The van der Waals surface area contributed by atoms with Crippen molar-refractivity contribution in [3.63, 3.8) is 0 Å². The summed E-state index contributed by atoms with van der Waals surface area (Å²) in [6.07, 6.45) is 1.36. The molecule has 0 aliphatic carbocycles. The first kappa shape index (κ1) is 12.3. The molecule has 0 aromatic rings. The largest absolute Gasteiger partial charge is 0.465 e. The summed E-state index contributed by atoms with van der Waals surface area (Å²) in [6.45, 7) is 0.805. The summed E-state index contributed by atoms with van der Waals surface area (Å²) < 4.78 is 23.8. The molecule has 15 heavy (non-hydrogen) atoms. The van der Waals surface area contributed by atoms with Crippen LogP contribution < -0.4 is 0 Å². The van der Waals surface area contributed by atoms with Gasteiger partial charge in [-0.2, -0.15) is 0 Å². The van der Waals surface area contributed by atoms with E-state index in [-0.39, 0.29) is 6.04 Å². The molecule has 0 atom stereocenters. The zero-order chi connectivity index (χ0) is 11.6. The van der Waals surface area contributed by atoms with Crippen molar-refractivity contribution in [2.45, 2.75) is 18.9 Å². The van der Waals surface area contributed by atoms with E-state index in [1.165, 1.54) is 16.3 Å². The Kier molecular flexibility index (Phi) is 3.56. The third-order valence-electron chi connectivity index (χ3n) is 2.77. The van der Waals surface area contributed by atoms with Gasteiger partial charge in [0.2, 0.25) is 10.0 Å². The first-order valence-electron chi connectivity index (χ1n) is 4.73. The van der Waals surface area contributed by atoms with Gasteiger partial charge in [0.15, 0.2) is 0 Å². The molecule has 1 saturated heterocycles. The van der Waals surface area contributed by atoms with Crippen LogP contribution in [0.2, 0.25) is 0 Å². The fraction of sp³-hybridized carbons (Fsp3) is 0.875. The Morgan fingerprint density at radius 3 is 2.20 bits per heavy atom. The van der Waals surface area contributed by atoms with Gasteiger partial charge < -0.3 is 10.0 Å². The van der Waals surface area contributed by atoms with Crippen LogP contribution in [0.1, 0.15) is 12.8 Å². The molecule has 0 saturated carbocycles. The molecule has 1 rings (SSSR count). The minimum Gasteiger partial charge on any atom is -0.465 e. The van der Waals surface area contributed by atoms with E-state index in [1.54, 1.807) is 0 Å². The van der Waals surface area contributed by atoms with Crippen molar-refractivity contribution in [3.8, 4) is 0 Å². The molecule has 1 aliphatic rings. The molecule has 1 fully saturated rings. The van der Waals surface area contributed by atoms with E-state index in [0.717, 1.165) is 6.26 Å². The molecule has 1 N–H and O–H groups in total. The SMILES string of the molecule is CN(C1CCN(C(=O)O)CC1)S(C)(=O)=O. The molecule has 0 unspecified atom stereocenters. The summed E-state index contributed by atoms with van der Waals surface area (Å²) in [5.41, 5.74) is 0. The fourth-order valence-electron chi connectivity index (χ4n) is 1.69. The van der Waals surface area contributed by atoms with E-state index < -0.39 is 16.1 Å². The Morgan fingerprint density at radius 1 is 1.40 bits per heavy atom. The van der Waals surface area contributed by atoms with Gasteiger partial charge in [-0.1, -0.05) is 0 Å². The number of amides is 1. The molecule has 0 bridgehead atoms. The summed E-state index contributed by atoms with van der Waals surface area (Å²) in [4.78, 5) is 11.9. The highest BCUT2D eigenvalue weighted by molar-refractivity contribution is 7.88. The number of likely N-dealkylation sites (tertiary alicyclic amines) is 1. The second kappa shape index (κ2) is 4.36. The molecule has 0 spiro atoms. The predicted molar refractivity (Wildman–Crippen MR) is 55.2 cm³/mol. The van der Waals surface area contributed by atoms with Gasteiger partial charge in [-0.25, -0.2) is 17.5 Å². The van der Waals surface area contributed by atoms with Gasteiger partial charge in [0, 0.05) is 26.2 Å². The van der Waals surface area contributed by atoms with Crippen molar-refractivity contribution in [2.24, 2.45) is 0 Å². The quantitative estimate of drug-likeness (QED) is 0.733. The lowest BCUT2D eigenvalue weighted by Crippen LogP contribution is -2.46. The van der Waals surface area contributed by atoms with Crippen LogP contribution in [0.3, 0.4) is 0 Å². The molecule has 7 heteroatoms. The van der Waals surface area contributed by atoms with Crippen molar-refractivity contribution in [1.82, 2.24) is 9.21 Å². The fourth-order valence-corrected chi connectivity index (χ4v) is 2.44. The maximum absolute atomic E-state index is 11.2. The van der Waals surface area contributed by atoms with Crippen LogP contribution in [0.4, 0.5) is 4.79 Å². The van der Waals surface area contributed by atoms with Crippen molar-refractivity contribution in [2.75, 3.05) is 26.4 Å². The Labute approximate surface area is 89.5 Å². The third kappa shape index (κ3) is 3.07. The molecule has 6 nitrogen and oxygen atoms in total. The van der Waals surface area contributed by atoms with Gasteiger partial charge in [-0.15, -0.1) is 0 Å². The summed E-state index contributed by atoms with van der Waals surface area (Å²) in [6, 6.07) is -0.0735. The zero-order valence-corrected chi connectivity index (χ0v) is 9.70. The molecule has 0 aromatic heterocycles. The lowest BCUT2D eigenvalue weighted by Gasteiger charge is -2.34. The Morgan fingerprint density at radius 2 is 1.87 bits per heavy atom. The number of hydrogen-bond donors (Lipinski definition) is 1. The van der Waals surface area contributed by atoms with E-state index in [9.17, 15) is 13.2 Å². The normalized spacial score (nSPS) is 19.5. The summed E-state index contributed by atoms with van der Waals surface area (Å²) in [5, 5.41) is 8.72. The van der Waals surface area contributed by atoms with Gasteiger partial charge in [-0.05, 0) is 12.8 Å². The topological polar surface area (TPSA) is 77.9 Å². The molecular formula is C8H16N2O4S. The molecular weight excluding hydrogens is 220 g/mol. The highest BCUT2D eigenvalue weighted by Gasteiger charge is 2.28. The highest BCUT2D eigenvalue weighted by atomic mass is 32.2. The molecule has 88 valence electrons. The molecule has 1 aliphatic heterocycles. The lowest BCUT2D eigenvalue weighted by atomic mass is 10.1. The number of carbonyl (C=O) groups is 1. The number of hydrogen-bond acceptors (Lipinski definition) is 3. The smallest absolute Gasteiger partial charge is 0.407 e. The minimum absolute atomic E-state index is 0.0735. The van der Waals surface area contributed by atoms with E-state index in [1.807, 2.05) is 0 Å². The van der Waals surface area contributed by atoms with Crippen LogP contribution >= 0.6 is 0 Å². The van der Waals surface area contributed by atoms with Crippen LogP contribution in [-0.2, 0) is 10.0 Å². The second-order valence-electron chi connectivity index (χ2n) is 3.78. The van der Waals surface area contributed by atoms with Crippen molar-refractivity contribution < 1.29 is 18.3 Å². The van der Waals surface area contributed by atoms with Crippen LogP contribution in [0, 0.1) is 0 Å². The van der Waals surface area contributed by atoms with E-state index in [0.29, 0.717) is 25.9 Å². The number of sulfonamides is 1. The Bertz CT molecular complexity index is 333. The maximum Gasteiger partial charge on any atom is 0.407 e. The second-order valence-corrected chi connectivity index (χ2v) is 5.82. The van der Waals surface area contributed by atoms with Crippen LogP contribution in [0.15, 0.2) is 0 Å². The van der Waals surface area contributed by atoms with Crippen LogP contribution in [0.5, 0.6) is 0 Å². The summed E-state index contributed by atoms with van der Waals surface area (Å²) >= 11 is 0. The van der Waals surface area contributed by atoms with Crippen molar-refractivity contribution >= 4 is 16.1 Å². The monoisotopic (exact) mass is 236 g/mol. The van der Waals surface area contributed by atoms with Crippen molar-refractivity contribution in [1.29, 1.82) is 0 Å². The number of nitrogens with zero attached hydrogens (tertiary/aromatic N) is 2. The number of carboxylic acid groups (broad SMARTS) is 1. The van der Waals surface area contributed by atoms with Gasteiger partial charge in [0.05, 0.1) is 6.26 Å². The molecule has 1 heterocycles. The molecule has 0 radical (unpaired) electrons. The first-order chi connectivity index (χ1) is 6.82. The predicted octanol–water partition coefficient (Wildman–Crippen LogP) is 0.0202. The molecule has 1 amide bonds. The van der Waals surface area contributed by atoms with Gasteiger partial charge in [0.1, 0.15) is 0 Å². The molecule has 0 aromatic carbocycles. The summed E-state index contributed by atoms with van der Waals surface area (Å²) in [5.74, 6) is 0. The summed E-state index contributed by atoms with van der Waals surface area (Å²) in [7, 11) is -1.63. The van der Waals surface area contributed by atoms with E-state index >= 15 is 0 Å². The van der Waals surface area contributed by atoms with Gasteiger partial charge in [0.25, 0.3) is 0 Å². The van der Waals surface area contributed by atoms with Crippen LogP contribution in [-0.4, -0.2) is 61.3 Å². The first-order valence-corrected chi connectivity index (χ1v) is 6.58. The Hall–Kier alpha value is -0.820. The standard InChI is InChI=1S/C8H16N2O4S/c1-9(15(2,13)14)7-3-5-10(6-4-7)8(11)12/h7H,3-6H2,1-2H3,(H,11,12). The zero-order valence-electron chi connectivity index (χ0n) is 8.88. The third-order valence-corrected chi connectivity index (χ3v) is 4.12. The van der Waals surface area contributed by atoms with Crippen LogP contribution in [0.25, 0.3) is 0 Å². The average Bonchev–Trinajstić information content (AvgIpc) is 2.15.